The second-order valence-corrected chi connectivity index (χ2v) is 5.83. The van der Waals surface area contributed by atoms with Crippen LogP contribution in [-0.2, 0) is 6.42 Å². The lowest BCUT2D eigenvalue weighted by Gasteiger charge is -2.10. The Balaban J connectivity index is 1.84. The highest BCUT2D eigenvalue weighted by atomic mass is 35.5. The van der Waals surface area contributed by atoms with Gasteiger partial charge >= 0.3 is 0 Å². The highest BCUT2D eigenvalue weighted by molar-refractivity contribution is 6.32. The summed E-state index contributed by atoms with van der Waals surface area (Å²) in [5.41, 5.74) is 1.33. The topological polar surface area (TPSA) is 67.0 Å². The van der Waals surface area contributed by atoms with E-state index in [-0.39, 0.29) is 5.02 Å². The van der Waals surface area contributed by atoms with Gasteiger partial charge in [-0.25, -0.2) is 5.10 Å². The Labute approximate surface area is 134 Å². The Kier molecular flexibility index (Phi) is 5.83. The predicted molar refractivity (Wildman–Crippen MR) is 88.8 cm³/mol. The summed E-state index contributed by atoms with van der Waals surface area (Å²) in [6, 6.07) is 8.02. The van der Waals surface area contributed by atoms with Gasteiger partial charge in [0.1, 0.15) is 10.8 Å². The largest absolute Gasteiger partial charge is 0.493 e. The lowest BCUT2D eigenvalue weighted by molar-refractivity contribution is 0.271. The maximum atomic E-state index is 11.3. The molecule has 1 aromatic carbocycles. The molecule has 0 atom stereocenters. The molecular weight excluding hydrogens is 302 g/mol. The summed E-state index contributed by atoms with van der Waals surface area (Å²) in [7, 11) is 0. The first-order valence-electron chi connectivity index (χ1n) is 7.25. The average molecular weight is 322 g/mol. The van der Waals surface area contributed by atoms with E-state index in [4.69, 9.17) is 16.3 Å². The highest BCUT2D eigenvalue weighted by Gasteiger charge is 2.04. The molecule has 0 aliphatic heterocycles. The number of nitrogens with zero attached hydrogens (tertiary/aromatic N) is 1. The average Bonchev–Trinajstić information content (AvgIpc) is 2.50. The number of aromatic nitrogens is 2. The minimum atomic E-state index is -0.390. The first-order chi connectivity index (χ1) is 10.6. The summed E-state index contributed by atoms with van der Waals surface area (Å²) >= 11 is 5.89. The van der Waals surface area contributed by atoms with Gasteiger partial charge in [-0.15, -0.1) is 0 Å². The summed E-state index contributed by atoms with van der Waals surface area (Å²) < 4.78 is 5.65. The fourth-order valence-corrected chi connectivity index (χ4v) is 2.02. The van der Waals surface area contributed by atoms with Crippen molar-refractivity contribution in [3.63, 3.8) is 0 Å². The number of hydrogen-bond donors (Lipinski definition) is 2. The number of H-pyrrole nitrogens is 1. The SMILES string of the molecule is CC(C)COc1ccc(CCNc2cn[nH]c(=O)c2Cl)cc1. The zero-order chi connectivity index (χ0) is 15.9. The highest BCUT2D eigenvalue weighted by Crippen LogP contribution is 2.16. The van der Waals surface area contributed by atoms with Crippen LogP contribution in [0.2, 0.25) is 5.02 Å². The number of rotatable bonds is 7. The summed E-state index contributed by atoms with van der Waals surface area (Å²) in [5, 5.41) is 9.24. The normalized spacial score (nSPS) is 10.7. The zero-order valence-corrected chi connectivity index (χ0v) is 13.5. The Morgan fingerprint density at radius 3 is 2.73 bits per heavy atom. The summed E-state index contributed by atoms with van der Waals surface area (Å²) in [6.45, 7) is 5.62. The van der Waals surface area contributed by atoms with Crippen LogP contribution >= 0.6 is 11.6 Å². The number of halogens is 1. The van der Waals surface area contributed by atoms with Crippen molar-refractivity contribution in [3.8, 4) is 5.75 Å². The Bertz CT molecular complexity index is 653. The van der Waals surface area contributed by atoms with Crippen LogP contribution in [0.5, 0.6) is 5.75 Å². The minimum Gasteiger partial charge on any atom is -0.493 e. The van der Waals surface area contributed by atoms with E-state index in [0.717, 1.165) is 18.8 Å². The van der Waals surface area contributed by atoms with Crippen LogP contribution in [0, 0.1) is 5.92 Å². The van der Waals surface area contributed by atoms with Gasteiger partial charge in [0.15, 0.2) is 0 Å². The lowest BCUT2D eigenvalue weighted by atomic mass is 10.1. The minimum absolute atomic E-state index is 0.132. The van der Waals surface area contributed by atoms with Crippen LogP contribution in [0.25, 0.3) is 0 Å². The van der Waals surface area contributed by atoms with Crippen LogP contribution in [0.15, 0.2) is 35.3 Å². The van der Waals surface area contributed by atoms with Gasteiger partial charge in [0, 0.05) is 6.54 Å². The van der Waals surface area contributed by atoms with E-state index in [0.29, 0.717) is 18.2 Å². The van der Waals surface area contributed by atoms with Crippen molar-refractivity contribution < 1.29 is 4.74 Å². The van der Waals surface area contributed by atoms with Gasteiger partial charge in [0.2, 0.25) is 0 Å². The number of anilines is 1. The first-order valence-corrected chi connectivity index (χ1v) is 7.63. The van der Waals surface area contributed by atoms with Gasteiger partial charge in [-0.3, -0.25) is 4.79 Å². The molecule has 0 saturated carbocycles. The monoisotopic (exact) mass is 321 g/mol. The van der Waals surface area contributed by atoms with E-state index >= 15 is 0 Å². The third kappa shape index (κ3) is 4.77. The van der Waals surface area contributed by atoms with E-state index in [1.165, 1.54) is 11.8 Å². The van der Waals surface area contributed by atoms with Crippen LogP contribution in [-0.4, -0.2) is 23.3 Å². The van der Waals surface area contributed by atoms with Crippen molar-refractivity contribution in [1.82, 2.24) is 10.2 Å². The Hall–Kier alpha value is -2.01. The fraction of sp³-hybridized carbons (Fsp3) is 0.375. The molecule has 1 heterocycles. The van der Waals surface area contributed by atoms with Crippen molar-refractivity contribution in [2.75, 3.05) is 18.5 Å². The number of nitrogens with one attached hydrogen (secondary N) is 2. The molecule has 5 nitrogen and oxygen atoms in total. The quantitative estimate of drug-likeness (QED) is 0.822. The molecule has 0 spiro atoms. The molecule has 0 aliphatic rings. The molecule has 6 heteroatoms. The number of ether oxygens (including phenoxy) is 1. The van der Waals surface area contributed by atoms with Crippen molar-refractivity contribution in [1.29, 1.82) is 0 Å². The number of benzene rings is 1. The molecule has 118 valence electrons. The van der Waals surface area contributed by atoms with Gasteiger partial charge in [0.25, 0.3) is 5.56 Å². The van der Waals surface area contributed by atoms with E-state index < -0.39 is 5.56 Å². The zero-order valence-electron chi connectivity index (χ0n) is 12.7. The molecule has 1 aromatic heterocycles. The van der Waals surface area contributed by atoms with Crippen molar-refractivity contribution in [2.24, 2.45) is 5.92 Å². The molecule has 2 N–H and O–H groups in total. The number of hydrogen-bond acceptors (Lipinski definition) is 4. The molecule has 2 rings (SSSR count). The van der Waals surface area contributed by atoms with E-state index in [1.54, 1.807) is 0 Å². The van der Waals surface area contributed by atoms with Gasteiger partial charge < -0.3 is 10.1 Å². The van der Waals surface area contributed by atoms with Crippen molar-refractivity contribution in [2.45, 2.75) is 20.3 Å². The van der Waals surface area contributed by atoms with Crippen molar-refractivity contribution >= 4 is 17.3 Å². The first kappa shape index (κ1) is 16.4. The molecule has 0 unspecified atom stereocenters. The van der Waals surface area contributed by atoms with Crippen LogP contribution in [0.3, 0.4) is 0 Å². The fourth-order valence-electron chi connectivity index (χ4n) is 1.86. The molecule has 0 saturated heterocycles. The van der Waals surface area contributed by atoms with Gasteiger partial charge in [-0.2, -0.15) is 5.10 Å². The molecule has 0 fully saturated rings. The lowest BCUT2D eigenvalue weighted by Crippen LogP contribution is -2.13. The smallest absolute Gasteiger partial charge is 0.285 e. The summed E-state index contributed by atoms with van der Waals surface area (Å²) in [4.78, 5) is 11.3. The van der Waals surface area contributed by atoms with Crippen LogP contribution in [0.1, 0.15) is 19.4 Å². The second-order valence-electron chi connectivity index (χ2n) is 5.45. The molecule has 0 bridgehead atoms. The molecule has 0 radical (unpaired) electrons. The van der Waals surface area contributed by atoms with E-state index in [9.17, 15) is 4.79 Å². The summed E-state index contributed by atoms with van der Waals surface area (Å²) in [6.07, 6.45) is 2.32. The predicted octanol–water partition coefficient (Wildman–Crippen LogP) is 3.11. The van der Waals surface area contributed by atoms with E-state index in [1.807, 2.05) is 24.3 Å². The second kappa shape index (κ2) is 7.84. The van der Waals surface area contributed by atoms with Gasteiger partial charge in [-0.1, -0.05) is 37.6 Å². The molecule has 0 aliphatic carbocycles. The van der Waals surface area contributed by atoms with Gasteiger partial charge in [-0.05, 0) is 30.0 Å². The Morgan fingerprint density at radius 2 is 2.05 bits per heavy atom. The molecule has 2 aromatic rings. The number of aromatic amines is 1. The molecular formula is C16H20ClN3O2. The third-order valence-electron chi connectivity index (χ3n) is 3.03. The van der Waals surface area contributed by atoms with Crippen LogP contribution < -0.4 is 15.6 Å². The van der Waals surface area contributed by atoms with Gasteiger partial charge in [0.05, 0.1) is 18.5 Å². The van der Waals surface area contributed by atoms with Crippen LogP contribution in [0.4, 0.5) is 5.69 Å². The summed E-state index contributed by atoms with van der Waals surface area (Å²) in [5.74, 6) is 1.39. The maximum Gasteiger partial charge on any atom is 0.285 e. The molecule has 0 amide bonds. The Morgan fingerprint density at radius 1 is 1.32 bits per heavy atom. The third-order valence-corrected chi connectivity index (χ3v) is 3.41. The standard InChI is InChI=1S/C16H20ClN3O2/c1-11(2)10-22-13-5-3-12(4-6-13)7-8-18-14-9-19-20-16(21)15(14)17/h3-6,9,11H,7-8,10H2,1-2H3,(H2,18,20,21). The molecule has 22 heavy (non-hydrogen) atoms. The van der Waals surface area contributed by atoms with E-state index in [2.05, 4.69) is 29.4 Å². The van der Waals surface area contributed by atoms with Crippen molar-refractivity contribution in [3.05, 3.63) is 51.4 Å². The maximum absolute atomic E-state index is 11.3.